The van der Waals surface area contributed by atoms with Crippen LogP contribution in [0, 0.1) is 12.8 Å². The molecule has 0 aromatic heterocycles. The smallest absolute Gasteiger partial charge is 0.305 e. The fraction of sp³-hybridized carbons (Fsp3) is 0.533. The van der Waals surface area contributed by atoms with Crippen molar-refractivity contribution in [2.24, 2.45) is 5.92 Å². The van der Waals surface area contributed by atoms with E-state index in [1.165, 1.54) is 29.2 Å². The first-order chi connectivity index (χ1) is 9.16. The third-order valence-corrected chi connectivity index (χ3v) is 4.79. The average Bonchev–Trinajstić information content (AvgIpc) is 2.88. The fourth-order valence-electron chi connectivity index (χ4n) is 2.50. The quantitative estimate of drug-likeness (QED) is 0.869. The Morgan fingerprint density at radius 2 is 2.26 bits per heavy atom. The predicted octanol–water partition coefficient (Wildman–Crippen LogP) is 3.03. The van der Waals surface area contributed by atoms with Gasteiger partial charge in [-0.1, -0.05) is 18.2 Å². The molecule has 19 heavy (non-hydrogen) atoms. The van der Waals surface area contributed by atoms with E-state index < -0.39 is 5.97 Å². The first-order valence-electron chi connectivity index (χ1n) is 6.77. The van der Waals surface area contributed by atoms with E-state index in [2.05, 4.69) is 24.0 Å². The lowest BCUT2D eigenvalue weighted by Gasteiger charge is -2.28. The van der Waals surface area contributed by atoms with Crippen LogP contribution >= 0.6 is 11.8 Å². The van der Waals surface area contributed by atoms with Crippen LogP contribution < -0.4 is 4.90 Å². The van der Waals surface area contributed by atoms with E-state index in [1.54, 1.807) is 0 Å². The minimum atomic E-state index is -0.723. The van der Waals surface area contributed by atoms with Crippen molar-refractivity contribution < 1.29 is 9.90 Å². The van der Waals surface area contributed by atoms with Crippen molar-refractivity contribution in [2.45, 2.75) is 19.8 Å². The standard InChI is InChI=1S/C15H21NO2S/c1-12-4-2-3-5-14(12)16(8-6-15(17)18)10-13-7-9-19-11-13/h2-5,13H,6-11H2,1H3,(H,17,18). The van der Waals surface area contributed by atoms with Gasteiger partial charge in [-0.15, -0.1) is 0 Å². The van der Waals surface area contributed by atoms with Crippen molar-refractivity contribution in [3.63, 3.8) is 0 Å². The van der Waals surface area contributed by atoms with Gasteiger partial charge >= 0.3 is 5.97 Å². The summed E-state index contributed by atoms with van der Waals surface area (Å²) in [5, 5.41) is 8.91. The lowest BCUT2D eigenvalue weighted by molar-refractivity contribution is -0.136. The molecule has 1 heterocycles. The van der Waals surface area contributed by atoms with Crippen LogP contribution in [0.1, 0.15) is 18.4 Å². The summed E-state index contributed by atoms with van der Waals surface area (Å²) < 4.78 is 0. The van der Waals surface area contributed by atoms with Crippen molar-refractivity contribution in [2.75, 3.05) is 29.5 Å². The number of hydrogen-bond donors (Lipinski definition) is 1. The van der Waals surface area contributed by atoms with Gasteiger partial charge in [-0.25, -0.2) is 0 Å². The molecule has 1 fully saturated rings. The summed E-state index contributed by atoms with van der Waals surface area (Å²) in [5.41, 5.74) is 2.40. The number of carboxylic acid groups (broad SMARTS) is 1. The molecule has 1 aromatic rings. The van der Waals surface area contributed by atoms with E-state index in [-0.39, 0.29) is 6.42 Å². The van der Waals surface area contributed by atoms with Crippen LogP contribution in [0.4, 0.5) is 5.69 Å². The zero-order chi connectivity index (χ0) is 13.7. The van der Waals surface area contributed by atoms with Gasteiger partial charge in [-0.3, -0.25) is 4.79 Å². The van der Waals surface area contributed by atoms with Crippen LogP contribution in [-0.2, 0) is 4.79 Å². The molecule has 0 spiro atoms. The van der Waals surface area contributed by atoms with Crippen LogP contribution in [0.3, 0.4) is 0 Å². The Labute approximate surface area is 119 Å². The lowest BCUT2D eigenvalue weighted by atomic mass is 10.1. The first kappa shape index (κ1) is 14.3. The fourth-order valence-corrected chi connectivity index (χ4v) is 3.77. The van der Waals surface area contributed by atoms with Crippen LogP contribution in [-0.4, -0.2) is 35.7 Å². The molecule has 1 aliphatic heterocycles. The minimum Gasteiger partial charge on any atom is -0.481 e. The van der Waals surface area contributed by atoms with Crippen LogP contribution in [0.5, 0.6) is 0 Å². The molecule has 1 unspecified atom stereocenters. The van der Waals surface area contributed by atoms with Crippen molar-refractivity contribution >= 4 is 23.4 Å². The number of aryl methyl sites for hydroxylation is 1. The third-order valence-electron chi connectivity index (χ3n) is 3.55. The summed E-state index contributed by atoms with van der Waals surface area (Å²) in [4.78, 5) is 13.1. The van der Waals surface area contributed by atoms with Crippen molar-refractivity contribution in [1.82, 2.24) is 0 Å². The number of thioether (sulfide) groups is 1. The van der Waals surface area contributed by atoms with E-state index in [1.807, 2.05) is 23.9 Å². The molecule has 104 valence electrons. The number of rotatable bonds is 6. The lowest BCUT2D eigenvalue weighted by Crippen LogP contribution is -2.32. The summed E-state index contributed by atoms with van der Waals surface area (Å²) in [5.74, 6) is 2.42. The number of benzene rings is 1. The van der Waals surface area contributed by atoms with Gasteiger partial charge in [-0.2, -0.15) is 11.8 Å². The van der Waals surface area contributed by atoms with Crippen molar-refractivity contribution in [3.8, 4) is 0 Å². The van der Waals surface area contributed by atoms with Gasteiger partial charge < -0.3 is 10.0 Å². The molecular weight excluding hydrogens is 258 g/mol. The molecule has 1 aliphatic rings. The molecular formula is C15H21NO2S. The molecule has 1 N–H and O–H groups in total. The summed E-state index contributed by atoms with van der Waals surface area (Å²) in [6.45, 7) is 3.67. The maximum absolute atomic E-state index is 10.8. The highest BCUT2D eigenvalue weighted by Gasteiger charge is 2.20. The normalized spacial score (nSPS) is 18.5. The molecule has 0 bridgehead atoms. The van der Waals surface area contributed by atoms with Crippen molar-refractivity contribution in [3.05, 3.63) is 29.8 Å². The van der Waals surface area contributed by atoms with Gasteiger partial charge in [0.25, 0.3) is 0 Å². The zero-order valence-corrected chi connectivity index (χ0v) is 12.2. The van der Waals surface area contributed by atoms with E-state index >= 15 is 0 Å². The Bertz CT molecular complexity index is 430. The van der Waals surface area contributed by atoms with E-state index in [0.717, 1.165) is 6.54 Å². The minimum absolute atomic E-state index is 0.203. The second-order valence-corrected chi connectivity index (χ2v) is 6.26. The average molecular weight is 279 g/mol. The summed E-state index contributed by atoms with van der Waals surface area (Å²) in [6.07, 6.45) is 1.45. The molecule has 0 saturated carbocycles. The number of anilines is 1. The van der Waals surface area contributed by atoms with Gasteiger partial charge in [0.1, 0.15) is 0 Å². The molecule has 0 amide bonds. The van der Waals surface area contributed by atoms with E-state index in [4.69, 9.17) is 5.11 Å². The van der Waals surface area contributed by atoms with E-state index in [0.29, 0.717) is 12.5 Å². The van der Waals surface area contributed by atoms with Crippen LogP contribution in [0.2, 0.25) is 0 Å². The second-order valence-electron chi connectivity index (χ2n) is 5.11. The SMILES string of the molecule is Cc1ccccc1N(CCC(=O)O)CC1CCSC1. The number of carboxylic acids is 1. The topological polar surface area (TPSA) is 40.5 Å². The molecule has 4 heteroatoms. The molecule has 0 aliphatic carbocycles. The van der Waals surface area contributed by atoms with Gasteiger partial charge in [0.05, 0.1) is 6.42 Å². The highest BCUT2D eigenvalue weighted by molar-refractivity contribution is 7.99. The Morgan fingerprint density at radius 3 is 2.89 bits per heavy atom. The Balaban J connectivity index is 2.08. The Hall–Kier alpha value is -1.16. The number of hydrogen-bond acceptors (Lipinski definition) is 3. The Kier molecular flexibility index (Phi) is 5.14. The molecule has 1 atom stereocenters. The number of carbonyl (C=O) groups is 1. The molecule has 1 aromatic carbocycles. The largest absolute Gasteiger partial charge is 0.481 e. The van der Waals surface area contributed by atoms with Gasteiger partial charge in [0, 0.05) is 18.8 Å². The maximum Gasteiger partial charge on any atom is 0.305 e. The van der Waals surface area contributed by atoms with Gasteiger partial charge in [0.2, 0.25) is 0 Å². The van der Waals surface area contributed by atoms with Crippen molar-refractivity contribution in [1.29, 1.82) is 0 Å². The molecule has 1 saturated heterocycles. The number of para-hydroxylation sites is 1. The predicted molar refractivity (Wildman–Crippen MR) is 81.1 cm³/mol. The third kappa shape index (κ3) is 4.16. The van der Waals surface area contributed by atoms with Crippen LogP contribution in [0.25, 0.3) is 0 Å². The summed E-state index contributed by atoms with van der Waals surface area (Å²) in [6, 6.07) is 8.24. The highest BCUT2D eigenvalue weighted by atomic mass is 32.2. The summed E-state index contributed by atoms with van der Waals surface area (Å²) >= 11 is 2.00. The maximum atomic E-state index is 10.8. The first-order valence-corrected chi connectivity index (χ1v) is 7.92. The van der Waals surface area contributed by atoms with E-state index in [9.17, 15) is 4.79 Å². The monoisotopic (exact) mass is 279 g/mol. The second kappa shape index (κ2) is 6.85. The number of aliphatic carboxylic acids is 1. The Morgan fingerprint density at radius 1 is 1.47 bits per heavy atom. The molecule has 3 nitrogen and oxygen atoms in total. The molecule has 2 rings (SSSR count). The molecule has 0 radical (unpaired) electrons. The highest BCUT2D eigenvalue weighted by Crippen LogP contribution is 2.27. The van der Waals surface area contributed by atoms with Crippen LogP contribution in [0.15, 0.2) is 24.3 Å². The van der Waals surface area contributed by atoms with Gasteiger partial charge in [0.15, 0.2) is 0 Å². The zero-order valence-electron chi connectivity index (χ0n) is 11.3. The summed E-state index contributed by atoms with van der Waals surface area (Å²) in [7, 11) is 0. The number of nitrogens with zero attached hydrogens (tertiary/aromatic N) is 1. The van der Waals surface area contributed by atoms with Gasteiger partial charge in [-0.05, 0) is 42.4 Å².